The van der Waals surface area contributed by atoms with Crippen LogP contribution in [0.25, 0.3) is 0 Å². The second kappa shape index (κ2) is 80.0. The molecule has 0 aromatic heterocycles. The standard InChI is InChI=1S/C89H150O17P2/c1-5-9-13-17-21-25-29-33-37-39-41-43-47-49-53-57-61-65-69-73-86(91)99-79-84(105-88(93)75-71-67-63-59-55-51-45-35-31-27-23-19-15-11-7-3)81-103-107(95,96)101-77-83(90)78-102-108(97,98)104-82-85(106-89(94)76-72-68-64-60-56-52-46-36-32-28-24-20-16-12-8-4)80-100-87(92)74-70-66-62-58-54-50-48-44-42-40-38-34-30-26-22-18-14-10-6-2/h11,15,21-28,33-38,41-46,55,59,83-85,90H,5-10,12-14,16-20,29-32,39-40,47-54,56-58,60-82H2,1-4H3,(H,95,96)(H,97,98)/b15-11-,25-21-,26-22-,27-23-,28-24-,37-33-,38-34-,43-41-,44-42-,45-35-,46-36-,59-55-. The summed E-state index contributed by atoms with van der Waals surface area (Å²) in [5.74, 6) is -2.26. The Balaban J connectivity index is 5.43. The number of esters is 4. The Morgan fingerprint density at radius 1 is 0.269 bits per heavy atom. The maximum absolute atomic E-state index is 13.1. The fourth-order valence-corrected chi connectivity index (χ4v) is 12.4. The van der Waals surface area contributed by atoms with Crippen molar-refractivity contribution in [1.29, 1.82) is 0 Å². The molecule has 5 unspecified atom stereocenters. The number of unbranched alkanes of at least 4 members (excludes halogenated alkanes) is 28. The van der Waals surface area contributed by atoms with Crippen molar-refractivity contribution in [2.45, 2.75) is 354 Å². The molecule has 0 spiro atoms. The molecule has 0 aromatic rings. The molecule has 0 aliphatic carbocycles. The lowest BCUT2D eigenvalue weighted by Crippen LogP contribution is -2.30. The number of carbonyl (C=O) groups excluding carboxylic acids is 4. The Bertz CT molecular complexity index is 2610. The van der Waals surface area contributed by atoms with E-state index in [0.717, 1.165) is 193 Å². The van der Waals surface area contributed by atoms with Crippen LogP contribution in [-0.4, -0.2) is 96.7 Å². The molecule has 0 heterocycles. The second-order valence-electron chi connectivity index (χ2n) is 27.7. The summed E-state index contributed by atoms with van der Waals surface area (Å²) in [5, 5.41) is 10.7. The molecule has 0 bridgehead atoms. The first-order valence-electron chi connectivity index (χ1n) is 42.1. The zero-order chi connectivity index (χ0) is 78.9. The van der Waals surface area contributed by atoms with Gasteiger partial charge in [0.15, 0.2) is 12.2 Å². The number of allylic oxidation sites excluding steroid dienone is 24. The van der Waals surface area contributed by atoms with E-state index in [0.29, 0.717) is 32.1 Å². The van der Waals surface area contributed by atoms with Crippen LogP contribution in [0.2, 0.25) is 0 Å². The zero-order valence-electron chi connectivity index (χ0n) is 67.7. The van der Waals surface area contributed by atoms with Gasteiger partial charge in [-0.25, -0.2) is 9.13 Å². The lowest BCUT2D eigenvalue weighted by molar-refractivity contribution is -0.161. The quantitative estimate of drug-likeness (QED) is 0.0169. The van der Waals surface area contributed by atoms with Gasteiger partial charge in [-0.3, -0.25) is 37.3 Å². The minimum atomic E-state index is -5.00. The number of rotatable bonds is 78. The Hall–Kier alpha value is -5.06. The highest BCUT2D eigenvalue weighted by Crippen LogP contribution is 2.45. The number of ether oxygens (including phenoxy) is 4. The SMILES string of the molecule is CC/C=C\C/C=C\C/C=C\C/C=C\CCCCC(=O)OC(COC(=O)CCCCCCCC/C=C\C/C=C\C/C=C\CCCCC)COP(=O)(O)OCC(O)COP(=O)(O)OCC(COC(=O)CCCCCCCC/C=C\C/C=C\C/C=C\CCCCC)OC(=O)CCCCCCC/C=C\C/C=C\CCCCC. The average Bonchev–Trinajstić information content (AvgIpc) is 0.907. The lowest BCUT2D eigenvalue weighted by Gasteiger charge is -2.21. The minimum absolute atomic E-state index is 0.0354. The predicted molar refractivity (Wildman–Crippen MR) is 445 cm³/mol. The van der Waals surface area contributed by atoms with Crippen molar-refractivity contribution >= 4 is 39.5 Å². The minimum Gasteiger partial charge on any atom is -0.462 e. The maximum atomic E-state index is 13.1. The van der Waals surface area contributed by atoms with Gasteiger partial charge in [0.05, 0.1) is 26.4 Å². The number of phosphoric acid groups is 2. The van der Waals surface area contributed by atoms with Gasteiger partial charge in [-0.05, 0) is 173 Å². The van der Waals surface area contributed by atoms with E-state index in [-0.39, 0.29) is 25.7 Å². The molecule has 618 valence electrons. The lowest BCUT2D eigenvalue weighted by atomic mass is 10.1. The van der Waals surface area contributed by atoms with Crippen molar-refractivity contribution in [3.8, 4) is 0 Å². The van der Waals surface area contributed by atoms with Crippen LogP contribution in [0.4, 0.5) is 0 Å². The highest BCUT2D eigenvalue weighted by atomic mass is 31.2. The highest BCUT2D eigenvalue weighted by molar-refractivity contribution is 7.47. The molecule has 108 heavy (non-hydrogen) atoms. The maximum Gasteiger partial charge on any atom is 0.472 e. The number of aliphatic hydroxyl groups excluding tert-OH is 1. The van der Waals surface area contributed by atoms with Gasteiger partial charge in [0.2, 0.25) is 0 Å². The molecule has 0 aliphatic heterocycles. The Morgan fingerprint density at radius 2 is 0.481 bits per heavy atom. The van der Waals surface area contributed by atoms with Gasteiger partial charge in [-0.1, -0.05) is 283 Å². The third kappa shape index (κ3) is 79.0. The molecule has 5 atom stereocenters. The largest absolute Gasteiger partial charge is 0.472 e. The molecule has 0 fully saturated rings. The topological polar surface area (TPSA) is 237 Å². The first-order chi connectivity index (χ1) is 52.7. The van der Waals surface area contributed by atoms with Crippen molar-refractivity contribution in [1.82, 2.24) is 0 Å². The normalized spacial score (nSPS) is 14.5. The summed E-state index contributed by atoms with van der Waals surface area (Å²) >= 11 is 0. The van der Waals surface area contributed by atoms with Gasteiger partial charge in [-0.15, -0.1) is 0 Å². The molecule has 0 rings (SSSR count). The number of carbonyl (C=O) groups is 4. The van der Waals surface area contributed by atoms with E-state index in [1.165, 1.54) is 57.8 Å². The summed E-state index contributed by atoms with van der Waals surface area (Å²) in [7, 11) is -10.00. The first kappa shape index (κ1) is 103. The molecule has 3 N–H and O–H groups in total. The van der Waals surface area contributed by atoms with E-state index in [4.69, 9.17) is 37.0 Å². The van der Waals surface area contributed by atoms with E-state index >= 15 is 0 Å². The van der Waals surface area contributed by atoms with Crippen molar-refractivity contribution < 1.29 is 80.2 Å². The van der Waals surface area contributed by atoms with Gasteiger partial charge in [-0.2, -0.15) is 0 Å². The Morgan fingerprint density at radius 3 is 0.759 bits per heavy atom. The summed E-state index contributed by atoms with van der Waals surface area (Å²) in [5.41, 5.74) is 0. The average molecular weight is 1550 g/mol. The molecule has 19 heteroatoms. The summed E-state index contributed by atoms with van der Waals surface area (Å²) in [4.78, 5) is 73.2. The van der Waals surface area contributed by atoms with Crippen LogP contribution in [0.15, 0.2) is 146 Å². The van der Waals surface area contributed by atoms with Crippen molar-refractivity contribution in [3.63, 3.8) is 0 Å². The summed E-state index contributed by atoms with van der Waals surface area (Å²) < 4.78 is 68.7. The number of hydrogen-bond acceptors (Lipinski definition) is 15. The molecule has 0 aliphatic rings. The molecule has 17 nitrogen and oxygen atoms in total. The third-order valence-corrected chi connectivity index (χ3v) is 19.2. The van der Waals surface area contributed by atoms with Crippen LogP contribution in [0.5, 0.6) is 0 Å². The van der Waals surface area contributed by atoms with Gasteiger partial charge >= 0.3 is 39.5 Å². The van der Waals surface area contributed by atoms with Gasteiger partial charge in [0, 0.05) is 25.7 Å². The molecule has 0 amide bonds. The van der Waals surface area contributed by atoms with Crippen LogP contribution >= 0.6 is 15.6 Å². The number of aliphatic hydroxyl groups is 1. The smallest absolute Gasteiger partial charge is 0.462 e. The van der Waals surface area contributed by atoms with E-state index in [1.807, 2.05) is 0 Å². The van der Waals surface area contributed by atoms with E-state index in [9.17, 15) is 43.2 Å². The van der Waals surface area contributed by atoms with Crippen molar-refractivity contribution in [3.05, 3.63) is 146 Å². The van der Waals surface area contributed by atoms with Crippen LogP contribution < -0.4 is 0 Å². The molecule has 0 radical (unpaired) electrons. The predicted octanol–water partition coefficient (Wildman–Crippen LogP) is 25.0. The zero-order valence-corrected chi connectivity index (χ0v) is 69.5. The van der Waals surface area contributed by atoms with Crippen LogP contribution in [-0.2, 0) is 65.4 Å². The van der Waals surface area contributed by atoms with Crippen LogP contribution in [0, 0.1) is 0 Å². The van der Waals surface area contributed by atoms with Crippen molar-refractivity contribution in [2.24, 2.45) is 0 Å². The molecule has 0 saturated heterocycles. The van der Waals surface area contributed by atoms with Crippen LogP contribution in [0.1, 0.15) is 336 Å². The summed E-state index contributed by atoms with van der Waals surface area (Å²) in [6.45, 7) is 4.61. The van der Waals surface area contributed by atoms with Crippen LogP contribution in [0.3, 0.4) is 0 Å². The fraction of sp³-hybridized carbons (Fsp3) is 0.685. The van der Waals surface area contributed by atoms with E-state index in [2.05, 4.69) is 174 Å². The molecule has 0 saturated carbocycles. The second-order valence-corrected chi connectivity index (χ2v) is 30.6. The first-order valence-corrected chi connectivity index (χ1v) is 45.1. The molecular weight excluding hydrogens is 1400 g/mol. The fourth-order valence-electron chi connectivity index (χ4n) is 10.8. The van der Waals surface area contributed by atoms with E-state index in [1.54, 1.807) is 0 Å². The highest BCUT2D eigenvalue weighted by Gasteiger charge is 2.30. The summed E-state index contributed by atoms with van der Waals surface area (Å²) in [6.07, 6.45) is 92.4. The third-order valence-electron chi connectivity index (χ3n) is 17.3. The Kier molecular flexibility index (Phi) is 76.3. The van der Waals surface area contributed by atoms with E-state index < -0.39 is 97.5 Å². The van der Waals surface area contributed by atoms with Gasteiger partial charge in [0.25, 0.3) is 0 Å². The Labute approximate surface area is 656 Å². The molecular formula is C89H150O17P2. The molecule has 0 aromatic carbocycles. The van der Waals surface area contributed by atoms with Gasteiger partial charge < -0.3 is 33.8 Å². The number of hydrogen-bond donors (Lipinski definition) is 3. The summed E-state index contributed by atoms with van der Waals surface area (Å²) in [6, 6.07) is 0. The van der Waals surface area contributed by atoms with Gasteiger partial charge in [0.1, 0.15) is 19.3 Å². The number of phosphoric ester groups is 2. The monoisotopic (exact) mass is 1550 g/mol. The van der Waals surface area contributed by atoms with Crippen molar-refractivity contribution in [2.75, 3.05) is 39.6 Å².